The molecule has 4 nitrogen and oxygen atoms in total. The van der Waals surface area contributed by atoms with Crippen molar-refractivity contribution in [3.05, 3.63) is 101 Å². The number of benzene rings is 4. The monoisotopic (exact) mass is 378 g/mol. The summed E-state index contributed by atoms with van der Waals surface area (Å²) in [5.41, 5.74) is 2.23. The maximum atomic E-state index is 13.6. The summed E-state index contributed by atoms with van der Waals surface area (Å²) in [7, 11) is 1.63. The summed E-state index contributed by atoms with van der Waals surface area (Å²) in [6.07, 6.45) is 0. The van der Waals surface area contributed by atoms with Crippen LogP contribution in [0.1, 0.15) is 0 Å². The van der Waals surface area contributed by atoms with Crippen molar-refractivity contribution < 1.29 is 4.74 Å². The van der Waals surface area contributed by atoms with E-state index in [2.05, 4.69) is 0 Å². The Hall–Kier alpha value is -3.92. The Bertz CT molecular complexity index is 1390. The molecule has 0 N–H and O–H groups in total. The van der Waals surface area contributed by atoms with Crippen molar-refractivity contribution in [2.24, 2.45) is 0 Å². The van der Waals surface area contributed by atoms with Gasteiger partial charge in [0.1, 0.15) is 11.6 Å². The van der Waals surface area contributed by atoms with Gasteiger partial charge in [-0.15, -0.1) is 0 Å². The van der Waals surface area contributed by atoms with E-state index in [1.165, 1.54) is 0 Å². The number of para-hydroxylation sites is 1. The van der Waals surface area contributed by atoms with Gasteiger partial charge in [0.05, 0.1) is 23.7 Å². The molecule has 0 aliphatic heterocycles. The van der Waals surface area contributed by atoms with E-state index in [0.717, 1.165) is 27.8 Å². The van der Waals surface area contributed by atoms with Crippen LogP contribution in [0, 0.1) is 0 Å². The van der Waals surface area contributed by atoms with Crippen LogP contribution in [0.25, 0.3) is 38.8 Å². The fraction of sp³-hybridized carbons (Fsp3) is 0.0400. The highest BCUT2D eigenvalue weighted by atomic mass is 16.5. The van der Waals surface area contributed by atoms with Gasteiger partial charge in [-0.1, -0.05) is 42.5 Å². The van der Waals surface area contributed by atoms with Gasteiger partial charge in [0.2, 0.25) is 0 Å². The summed E-state index contributed by atoms with van der Waals surface area (Å²) in [6.45, 7) is 0. The minimum absolute atomic E-state index is 0.0854. The minimum atomic E-state index is -0.0854. The van der Waals surface area contributed by atoms with Crippen molar-refractivity contribution in [1.29, 1.82) is 0 Å². The molecule has 0 atom stereocenters. The molecule has 5 rings (SSSR count). The summed E-state index contributed by atoms with van der Waals surface area (Å²) >= 11 is 0. The van der Waals surface area contributed by atoms with E-state index in [1.807, 2.05) is 91.0 Å². The highest BCUT2D eigenvalue weighted by Crippen LogP contribution is 2.26. The van der Waals surface area contributed by atoms with Crippen molar-refractivity contribution in [3.63, 3.8) is 0 Å². The Morgan fingerprint density at radius 2 is 1.45 bits per heavy atom. The highest BCUT2D eigenvalue weighted by Gasteiger charge is 2.15. The normalized spacial score (nSPS) is 11.1. The van der Waals surface area contributed by atoms with Gasteiger partial charge in [-0.05, 0) is 59.3 Å². The molecule has 0 saturated carbocycles. The second kappa shape index (κ2) is 6.91. The smallest absolute Gasteiger partial charge is 0.266 e. The van der Waals surface area contributed by atoms with Gasteiger partial charge < -0.3 is 4.74 Å². The third-order valence-electron chi connectivity index (χ3n) is 5.10. The first kappa shape index (κ1) is 17.2. The molecule has 0 radical (unpaired) electrons. The summed E-state index contributed by atoms with van der Waals surface area (Å²) in [4.78, 5) is 18.5. The molecule has 0 aliphatic rings. The zero-order valence-electron chi connectivity index (χ0n) is 15.9. The number of hydrogen-bond donors (Lipinski definition) is 0. The van der Waals surface area contributed by atoms with E-state index in [1.54, 1.807) is 11.7 Å². The molecule has 0 aliphatic carbocycles. The summed E-state index contributed by atoms with van der Waals surface area (Å²) in [6, 6.07) is 29.1. The number of rotatable bonds is 3. The van der Waals surface area contributed by atoms with Gasteiger partial charge in [0.25, 0.3) is 5.56 Å². The van der Waals surface area contributed by atoms with Crippen LogP contribution in [0.2, 0.25) is 0 Å². The van der Waals surface area contributed by atoms with E-state index in [9.17, 15) is 4.79 Å². The first-order valence-corrected chi connectivity index (χ1v) is 9.40. The number of fused-ring (bicyclic) bond motifs is 2. The molecule has 1 aromatic heterocycles. The van der Waals surface area contributed by atoms with Crippen molar-refractivity contribution in [2.45, 2.75) is 0 Å². The summed E-state index contributed by atoms with van der Waals surface area (Å²) in [5, 5.41) is 2.69. The SMILES string of the molecule is COc1ccc(-c2nc3cc4ccccc4cc3c(=O)n2-c2ccccc2)cc1. The maximum Gasteiger partial charge on any atom is 0.266 e. The van der Waals surface area contributed by atoms with Crippen LogP contribution in [-0.2, 0) is 0 Å². The standard InChI is InChI=1S/C25H18N2O2/c1-29-21-13-11-17(12-14-21)24-26-23-16-19-8-6-5-7-18(19)15-22(23)25(28)27(24)20-9-3-2-4-10-20/h2-16H,1H3. The number of hydrogen-bond acceptors (Lipinski definition) is 3. The average molecular weight is 378 g/mol. The Morgan fingerprint density at radius 3 is 2.14 bits per heavy atom. The van der Waals surface area contributed by atoms with Crippen LogP contribution < -0.4 is 10.3 Å². The van der Waals surface area contributed by atoms with Crippen molar-refractivity contribution in [3.8, 4) is 22.8 Å². The lowest BCUT2D eigenvalue weighted by Crippen LogP contribution is -2.22. The molecule has 4 aromatic carbocycles. The van der Waals surface area contributed by atoms with Gasteiger partial charge in [-0.25, -0.2) is 4.98 Å². The fourth-order valence-electron chi connectivity index (χ4n) is 3.62. The Balaban J connectivity index is 1.87. The Kier molecular flexibility index (Phi) is 4.10. The molecule has 0 bridgehead atoms. The van der Waals surface area contributed by atoms with Crippen LogP contribution >= 0.6 is 0 Å². The largest absolute Gasteiger partial charge is 0.497 e. The van der Waals surface area contributed by atoms with Gasteiger partial charge in [0.15, 0.2) is 0 Å². The Labute approximate surface area is 167 Å². The molecule has 4 heteroatoms. The lowest BCUT2D eigenvalue weighted by molar-refractivity contribution is 0.415. The van der Waals surface area contributed by atoms with E-state index in [4.69, 9.17) is 9.72 Å². The van der Waals surface area contributed by atoms with Crippen LogP contribution in [-0.4, -0.2) is 16.7 Å². The van der Waals surface area contributed by atoms with Gasteiger partial charge in [-0.2, -0.15) is 0 Å². The molecular weight excluding hydrogens is 360 g/mol. The van der Waals surface area contributed by atoms with Crippen molar-refractivity contribution >= 4 is 21.7 Å². The highest BCUT2D eigenvalue weighted by molar-refractivity contribution is 5.96. The lowest BCUT2D eigenvalue weighted by atomic mass is 10.1. The van der Waals surface area contributed by atoms with Gasteiger partial charge in [-0.3, -0.25) is 9.36 Å². The average Bonchev–Trinajstić information content (AvgIpc) is 2.78. The van der Waals surface area contributed by atoms with E-state index < -0.39 is 0 Å². The van der Waals surface area contributed by atoms with Crippen LogP contribution in [0.15, 0.2) is 95.8 Å². The molecule has 0 unspecified atom stereocenters. The number of methoxy groups -OCH3 is 1. The van der Waals surface area contributed by atoms with Crippen LogP contribution in [0.4, 0.5) is 0 Å². The predicted octanol–water partition coefficient (Wildman–Crippen LogP) is 5.21. The summed E-state index contributed by atoms with van der Waals surface area (Å²) in [5.74, 6) is 1.36. The molecule has 29 heavy (non-hydrogen) atoms. The third-order valence-corrected chi connectivity index (χ3v) is 5.10. The first-order valence-electron chi connectivity index (χ1n) is 9.40. The van der Waals surface area contributed by atoms with Crippen LogP contribution in [0.3, 0.4) is 0 Å². The van der Waals surface area contributed by atoms with E-state index in [0.29, 0.717) is 16.7 Å². The molecule has 0 fully saturated rings. The zero-order chi connectivity index (χ0) is 19.8. The number of nitrogens with zero attached hydrogens (tertiary/aromatic N) is 2. The molecule has 0 amide bonds. The van der Waals surface area contributed by atoms with Crippen molar-refractivity contribution in [1.82, 2.24) is 9.55 Å². The summed E-state index contributed by atoms with van der Waals surface area (Å²) < 4.78 is 6.95. The molecule has 1 heterocycles. The molecule has 140 valence electrons. The fourth-order valence-corrected chi connectivity index (χ4v) is 3.62. The van der Waals surface area contributed by atoms with E-state index in [-0.39, 0.29) is 5.56 Å². The molecule has 5 aromatic rings. The molecule has 0 saturated heterocycles. The third kappa shape index (κ3) is 2.95. The minimum Gasteiger partial charge on any atom is -0.497 e. The quantitative estimate of drug-likeness (QED) is 0.405. The zero-order valence-corrected chi connectivity index (χ0v) is 15.9. The molecule has 0 spiro atoms. The molecular formula is C25H18N2O2. The number of ether oxygens (including phenoxy) is 1. The number of aromatic nitrogens is 2. The van der Waals surface area contributed by atoms with E-state index >= 15 is 0 Å². The van der Waals surface area contributed by atoms with Gasteiger partial charge >= 0.3 is 0 Å². The first-order chi connectivity index (χ1) is 14.2. The topological polar surface area (TPSA) is 44.1 Å². The van der Waals surface area contributed by atoms with Crippen LogP contribution in [0.5, 0.6) is 5.75 Å². The second-order valence-corrected chi connectivity index (χ2v) is 6.86. The van der Waals surface area contributed by atoms with Gasteiger partial charge in [0, 0.05) is 5.56 Å². The predicted molar refractivity (Wildman–Crippen MR) is 117 cm³/mol. The second-order valence-electron chi connectivity index (χ2n) is 6.86. The lowest BCUT2D eigenvalue weighted by Gasteiger charge is -2.14. The van der Waals surface area contributed by atoms with Crippen molar-refractivity contribution in [2.75, 3.05) is 7.11 Å². The Morgan fingerprint density at radius 1 is 0.793 bits per heavy atom. The maximum absolute atomic E-state index is 13.6.